The van der Waals surface area contributed by atoms with Crippen LogP contribution >= 0.6 is 0 Å². The highest BCUT2D eigenvalue weighted by Gasteiger charge is 2.30. The summed E-state index contributed by atoms with van der Waals surface area (Å²) < 4.78 is 0. The summed E-state index contributed by atoms with van der Waals surface area (Å²) in [7, 11) is 0. The van der Waals surface area contributed by atoms with Crippen LogP contribution < -0.4 is 0 Å². The number of aliphatic hydroxyl groups is 1. The zero-order valence-corrected chi connectivity index (χ0v) is 8.19. The van der Waals surface area contributed by atoms with Crippen molar-refractivity contribution in [2.75, 3.05) is 13.2 Å². The molecule has 0 aromatic heterocycles. The molecule has 0 spiro atoms. The summed E-state index contributed by atoms with van der Waals surface area (Å²) in [6.45, 7) is 4.46. The van der Waals surface area contributed by atoms with Crippen LogP contribution in [0.25, 0.3) is 0 Å². The Balaban J connectivity index is 2.39. The van der Waals surface area contributed by atoms with E-state index in [1.54, 1.807) is 0 Å². The minimum atomic E-state index is 0.0344. The smallest absolute Gasteiger partial charge is 0.248 e. The van der Waals surface area contributed by atoms with Crippen LogP contribution in [-0.4, -0.2) is 35.3 Å². The van der Waals surface area contributed by atoms with E-state index in [9.17, 15) is 4.79 Å². The Labute approximate surface area is 78.4 Å². The van der Waals surface area contributed by atoms with E-state index in [0.29, 0.717) is 13.0 Å². The van der Waals surface area contributed by atoms with Crippen LogP contribution in [0.3, 0.4) is 0 Å². The van der Waals surface area contributed by atoms with E-state index < -0.39 is 0 Å². The van der Waals surface area contributed by atoms with Crippen LogP contribution in [0.5, 0.6) is 0 Å². The van der Waals surface area contributed by atoms with Crippen LogP contribution in [0.1, 0.15) is 26.7 Å². The molecule has 4 heteroatoms. The molecule has 1 aliphatic rings. The van der Waals surface area contributed by atoms with E-state index in [1.165, 1.54) is 5.06 Å². The predicted molar refractivity (Wildman–Crippen MR) is 47.7 cm³/mol. The molecule has 4 nitrogen and oxygen atoms in total. The van der Waals surface area contributed by atoms with Crippen molar-refractivity contribution in [2.24, 2.45) is 5.92 Å². The van der Waals surface area contributed by atoms with Gasteiger partial charge in [-0.15, -0.1) is 0 Å². The fourth-order valence-electron chi connectivity index (χ4n) is 1.28. The standard InChI is InChI=1S/C9H17NO3/c1-3-8-4-9(12)10(13-8)5-7(2)6-11/h7-8,11H,3-6H2,1-2H3. The third-order valence-electron chi connectivity index (χ3n) is 2.20. The molecule has 1 amide bonds. The topological polar surface area (TPSA) is 49.8 Å². The Kier molecular flexibility index (Phi) is 3.69. The molecular weight excluding hydrogens is 170 g/mol. The van der Waals surface area contributed by atoms with Crippen molar-refractivity contribution in [1.82, 2.24) is 5.06 Å². The second kappa shape index (κ2) is 4.58. The molecule has 1 aliphatic heterocycles. The van der Waals surface area contributed by atoms with Crippen LogP contribution in [0.4, 0.5) is 0 Å². The molecule has 0 radical (unpaired) electrons. The second-order valence-corrected chi connectivity index (χ2v) is 3.58. The molecule has 0 saturated carbocycles. The van der Waals surface area contributed by atoms with Crippen molar-refractivity contribution in [3.8, 4) is 0 Å². The van der Waals surface area contributed by atoms with Crippen LogP contribution in [-0.2, 0) is 9.63 Å². The summed E-state index contributed by atoms with van der Waals surface area (Å²) in [6.07, 6.45) is 1.38. The number of rotatable bonds is 4. The van der Waals surface area contributed by atoms with Gasteiger partial charge in [0.1, 0.15) is 0 Å². The minimum Gasteiger partial charge on any atom is -0.396 e. The van der Waals surface area contributed by atoms with Gasteiger partial charge in [0, 0.05) is 6.61 Å². The SMILES string of the molecule is CCC1CC(=O)N(CC(C)CO)O1. The third-order valence-corrected chi connectivity index (χ3v) is 2.20. The second-order valence-electron chi connectivity index (χ2n) is 3.58. The van der Waals surface area contributed by atoms with Crippen LogP contribution in [0.15, 0.2) is 0 Å². The molecular formula is C9H17NO3. The number of amides is 1. The van der Waals surface area contributed by atoms with Gasteiger partial charge in [-0.1, -0.05) is 13.8 Å². The maximum Gasteiger partial charge on any atom is 0.248 e. The highest BCUT2D eigenvalue weighted by atomic mass is 16.7. The maximum atomic E-state index is 11.3. The predicted octanol–water partition coefficient (Wildman–Crippen LogP) is 0.557. The van der Waals surface area contributed by atoms with Crippen molar-refractivity contribution in [1.29, 1.82) is 0 Å². The molecule has 0 bridgehead atoms. The van der Waals surface area contributed by atoms with E-state index >= 15 is 0 Å². The van der Waals surface area contributed by atoms with Crippen LogP contribution in [0.2, 0.25) is 0 Å². The van der Waals surface area contributed by atoms with Gasteiger partial charge >= 0.3 is 0 Å². The fourth-order valence-corrected chi connectivity index (χ4v) is 1.28. The molecule has 1 heterocycles. The fraction of sp³-hybridized carbons (Fsp3) is 0.889. The Bertz CT molecular complexity index is 184. The Morgan fingerprint density at radius 3 is 2.92 bits per heavy atom. The molecule has 1 fully saturated rings. The number of hydrogen-bond acceptors (Lipinski definition) is 3. The monoisotopic (exact) mass is 187 g/mol. The lowest BCUT2D eigenvalue weighted by Gasteiger charge is -2.18. The normalized spacial score (nSPS) is 25.3. The molecule has 0 aliphatic carbocycles. The first-order valence-electron chi connectivity index (χ1n) is 4.75. The highest BCUT2D eigenvalue weighted by molar-refractivity contribution is 5.77. The minimum absolute atomic E-state index is 0.0344. The molecule has 2 atom stereocenters. The number of carbonyl (C=O) groups excluding carboxylic acids is 1. The van der Waals surface area contributed by atoms with Gasteiger partial charge in [-0.25, -0.2) is 5.06 Å². The van der Waals surface area contributed by atoms with Crippen molar-refractivity contribution in [3.05, 3.63) is 0 Å². The van der Waals surface area contributed by atoms with E-state index in [4.69, 9.17) is 9.94 Å². The van der Waals surface area contributed by atoms with Gasteiger partial charge in [-0.05, 0) is 12.3 Å². The summed E-state index contributed by atoms with van der Waals surface area (Å²) in [5.41, 5.74) is 0. The number of nitrogens with zero attached hydrogens (tertiary/aromatic N) is 1. The number of hydrogen-bond donors (Lipinski definition) is 1. The van der Waals surface area contributed by atoms with Gasteiger partial charge in [0.15, 0.2) is 0 Å². The third kappa shape index (κ3) is 2.67. The Morgan fingerprint density at radius 2 is 2.46 bits per heavy atom. The molecule has 1 rings (SSSR count). The van der Waals surface area contributed by atoms with Crippen molar-refractivity contribution >= 4 is 5.91 Å². The molecule has 76 valence electrons. The van der Waals surface area contributed by atoms with Gasteiger partial charge in [0.25, 0.3) is 0 Å². The largest absolute Gasteiger partial charge is 0.396 e. The lowest BCUT2D eigenvalue weighted by molar-refractivity contribution is -0.177. The number of aliphatic hydroxyl groups excluding tert-OH is 1. The molecule has 0 aromatic rings. The zero-order chi connectivity index (χ0) is 9.84. The van der Waals surface area contributed by atoms with Crippen molar-refractivity contribution < 1.29 is 14.7 Å². The van der Waals surface area contributed by atoms with Gasteiger partial charge in [-0.3, -0.25) is 9.63 Å². The summed E-state index contributed by atoms with van der Waals surface area (Å²) in [5, 5.41) is 10.2. The summed E-state index contributed by atoms with van der Waals surface area (Å²) in [6, 6.07) is 0. The summed E-state index contributed by atoms with van der Waals surface area (Å²) >= 11 is 0. The lowest BCUT2D eigenvalue weighted by Crippen LogP contribution is -2.30. The molecule has 2 unspecified atom stereocenters. The average molecular weight is 187 g/mol. The maximum absolute atomic E-state index is 11.3. The Hall–Kier alpha value is -0.610. The average Bonchev–Trinajstić information content (AvgIpc) is 2.47. The van der Waals surface area contributed by atoms with Gasteiger partial charge < -0.3 is 5.11 Å². The van der Waals surface area contributed by atoms with Gasteiger partial charge in [0.2, 0.25) is 5.91 Å². The van der Waals surface area contributed by atoms with E-state index in [0.717, 1.165) is 6.42 Å². The quantitative estimate of drug-likeness (QED) is 0.699. The van der Waals surface area contributed by atoms with Gasteiger partial charge in [0.05, 0.1) is 19.1 Å². The molecule has 1 N–H and O–H groups in total. The highest BCUT2D eigenvalue weighted by Crippen LogP contribution is 2.18. The lowest BCUT2D eigenvalue weighted by atomic mass is 10.2. The van der Waals surface area contributed by atoms with Crippen molar-refractivity contribution in [2.45, 2.75) is 32.8 Å². The van der Waals surface area contributed by atoms with Crippen molar-refractivity contribution in [3.63, 3.8) is 0 Å². The van der Waals surface area contributed by atoms with E-state index in [2.05, 4.69) is 0 Å². The number of carbonyl (C=O) groups is 1. The van der Waals surface area contributed by atoms with E-state index in [-0.39, 0.29) is 24.5 Å². The molecule has 0 aromatic carbocycles. The summed E-state index contributed by atoms with van der Waals surface area (Å²) in [4.78, 5) is 16.7. The zero-order valence-electron chi connectivity index (χ0n) is 8.19. The first-order valence-corrected chi connectivity index (χ1v) is 4.75. The molecule has 1 saturated heterocycles. The summed E-state index contributed by atoms with van der Waals surface area (Å²) in [5.74, 6) is 0.117. The molecule has 13 heavy (non-hydrogen) atoms. The van der Waals surface area contributed by atoms with Crippen LogP contribution in [0, 0.1) is 5.92 Å². The Morgan fingerprint density at radius 1 is 1.77 bits per heavy atom. The first-order chi connectivity index (χ1) is 6.17. The first kappa shape index (κ1) is 10.5. The van der Waals surface area contributed by atoms with Gasteiger partial charge in [-0.2, -0.15) is 0 Å². The number of hydroxylamine groups is 2. The van der Waals surface area contributed by atoms with E-state index in [1.807, 2.05) is 13.8 Å².